The summed E-state index contributed by atoms with van der Waals surface area (Å²) in [5.41, 5.74) is 0.407. The average Bonchev–Trinajstić information content (AvgIpc) is 3.48. The fraction of sp³-hybridized carbons (Fsp3) is 0.250. The van der Waals surface area contributed by atoms with Gasteiger partial charge in [0.2, 0.25) is 11.7 Å². The van der Waals surface area contributed by atoms with Gasteiger partial charge in [-0.3, -0.25) is 14.9 Å². The fourth-order valence-electron chi connectivity index (χ4n) is 2.74. The summed E-state index contributed by atoms with van der Waals surface area (Å²) in [7, 11) is 0. The first-order valence-electron chi connectivity index (χ1n) is 9.59. The number of carbonyl (C=O) groups is 3. The second kappa shape index (κ2) is 9.64. The Bertz CT molecular complexity index is 1110. The maximum absolute atomic E-state index is 12.0. The molecule has 2 aromatic heterocycles. The minimum absolute atomic E-state index is 0.0868. The van der Waals surface area contributed by atoms with Gasteiger partial charge in [0.05, 0.1) is 12.7 Å². The van der Waals surface area contributed by atoms with Gasteiger partial charge in [-0.2, -0.15) is 4.98 Å². The molecule has 3 heterocycles. The van der Waals surface area contributed by atoms with Crippen LogP contribution in [0.1, 0.15) is 12.3 Å². The molecule has 0 aliphatic carbocycles. The van der Waals surface area contributed by atoms with Crippen molar-refractivity contribution in [1.29, 1.82) is 0 Å². The number of furan rings is 1. The van der Waals surface area contributed by atoms with Gasteiger partial charge < -0.3 is 28.5 Å². The number of anilines is 1. The van der Waals surface area contributed by atoms with Crippen molar-refractivity contribution in [3.8, 4) is 23.1 Å². The zero-order valence-corrected chi connectivity index (χ0v) is 16.7. The summed E-state index contributed by atoms with van der Waals surface area (Å²) in [5.74, 6) is 0.540. The molecule has 0 atom stereocenters. The number of hydrogen-bond donors (Lipinski definition) is 2. The number of nitrogens with one attached hydrogen (secondary N) is 2. The van der Waals surface area contributed by atoms with Crippen molar-refractivity contribution in [3.05, 3.63) is 42.5 Å². The molecule has 32 heavy (non-hydrogen) atoms. The van der Waals surface area contributed by atoms with E-state index in [1.165, 1.54) is 6.26 Å². The predicted molar refractivity (Wildman–Crippen MR) is 106 cm³/mol. The highest BCUT2D eigenvalue weighted by molar-refractivity contribution is 6.02. The van der Waals surface area contributed by atoms with Crippen LogP contribution in [-0.4, -0.2) is 47.9 Å². The maximum Gasteiger partial charge on any atom is 0.325 e. The Labute approximate surface area is 180 Å². The Morgan fingerprint density at radius 1 is 1.09 bits per heavy atom. The lowest BCUT2D eigenvalue weighted by molar-refractivity contribution is -0.148. The summed E-state index contributed by atoms with van der Waals surface area (Å²) in [5, 5.41) is 8.30. The zero-order valence-electron chi connectivity index (χ0n) is 16.7. The highest BCUT2D eigenvalue weighted by Crippen LogP contribution is 2.32. The van der Waals surface area contributed by atoms with Crippen molar-refractivity contribution >= 4 is 23.6 Å². The quantitative estimate of drug-likeness (QED) is 0.518. The van der Waals surface area contributed by atoms with Crippen LogP contribution in [-0.2, 0) is 20.7 Å². The van der Waals surface area contributed by atoms with Gasteiger partial charge in [0, 0.05) is 18.2 Å². The van der Waals surface area contributed by atoms with Crippen LogP contribution in [0.2, 0.25) is 0 Å². The van der Waals surface area contributed by atoms with Gasteiger partial charge in [-0.05, 0) is 24.3 Å². The topological polar surface area (TPSA) is 155 Å². The second-order valence-corrected chi connectivity index (χ2v) is 6.51. The van der Waals surface area contributed by atoms with E-state index >= 15 is 0 Å². The van der Waals surface area contributed by atoms with Crippen molar-refractivity contribution in [2.45, 2.75) is 12.8 Å². The third-order valence-electron chi connectivity index (χ3n) is 4.17. The van der Waals surface area contributed by atoms with Crippen LogP contribution in [0.3, 0.4) is 0 Å². The van der Waals surface area contributed by atoms with E-state index in [2.05, 4.69) is 20.8 Å². The lowest BCUT2D eigenvalue weighted by atomic mass is 10.2. The van der Waals surface area contributed by atoms with E-state index in [-0.39, 0.29) is 24.6 Å². The molecule has 0 fully saturated rings. The molecule has 0 spiro atoms. The molecule has 1 aliphatic rings. The number of ether oxygens (including phenoxy) is 3. The molecule has 12 heteroatoms. The van der Waals surface area contributed by atoms with Gasteiger partial charge in [0.25, 0.3) is 5.91 Å². The molecule has 1 aromatic carbocycles. The summed E-state index contributed by atoms with van der Waals surface area (Å²) >= 11 is 0. The molecular formula is C20H18N4O8. The van der Waals surface area contributed by atoms with Crippen molar-refractivity contribution in [1.82, 2.24) is 15.5 Å². The third-order valence-corrected chi connectivity index (χ3v) is 4.17. The molecule has 0 radical (unpaired) electrons. The first-order chi connectivity index (χ1) is 15.6. The monoisotopic (exact) mass is 442 g/mol. The van der Waals surface area contributed by atoms with Gasteiger partial charge in [-0.15, -0.1) is 0 Å². The molecule has 0 bridgehead atoms. The lowest BCUT2D eigenvalue weighted by Crippen LogP contribution is -2.37. The van der Waals surface area contributed by atoms with Crippen LogP contribution >= 0.6 is 0 Å². The van der Waals surface area contributed by atoms with Crippen LogP contribution in [0.4, 0.5) is 10.5 Å². The van der Waals surface area contributed by atoms with Gasteiger partial charge in [-0.1, -0.05) is 5.16 Å². The Morgan fingerprint density at radius 2 is 1.94 bits per heavy atom. The largest absolute Gasteiger partial charge is 0.486 e. The van der Waals surface area contributed by atoms with Crippen molar-refractivity contribution < 1.29 is 37.5 Å². The number of esters is 1. The molecule has 1 aliphatic heterocycles. The van der Waals surface area contributed by atoms with E-state index in [0.717, 1.165) is 0 Å². The number of nitrogens with zero attached hydrogens (tertiary/aromatic N) is 2. The maximum atomic E-state index is 12.0. The number of aryl methyl sites for hydroxylation is 1. The number of urea groups is 1. The molecule has 12 nitrogen and oxygen atoms in total. The summed E-state index contributed by atoms with van der Waals surface area (Å²) in [6.45, 7) is 0.243. The van der Waals surface area contributed by atoms with Gasteiger partial charge in [0.15, 0.2) is 23.9 Å². The van der Waals surface area contributed by atoms with Crippen LogP contribution in [0, 0.1) is 0 Å². The second-order valence-electron chi connectivity index (χ2n) is 6.51. The molecule has 0 unspecified atom stereocenters. The molecule has 3 aromatic rings. The number of imide groups is 1. The Kier molecular flexibility index (Phi) is 6.30. The van der Waals surface area contributed by atoms with E-state index in [1.54, 1.807) is 30.3 Å². The fourth-order valence-corrected chi connectivity index (χ4v) is 2.74. The van der Waals surface area contributed by atoms with E-state index in [9.17, 15) is 14.4 Å². The number of rotatable bonds is 7. The Balaban J connectivity index is 1.17. The molecule has 4 rings (SSSR count). The van der Waals surface area contributed by atoms with Gasteiger partial charge in [-0.25, -0.2) is 4.79 Å². The van der Waals surface area contributed by atoms with Crippen molar-refractivity contribution in [2.24, 2.45) is 0 Å². The van der Waals surface area contributed by atoms with E-state index in [4.69, 9.17) is 23.2 Å². The number of hydrogen-bond acceptors (Lipinski definition) is 10. The van der Waals surface area contributed by atoms with Gasteiger partial charge in [0.1, 0.15) is 13.2 Å². The SMILES string of the molecule is O=C(COC(=O)CCc1nc(-c2ccco2)no1)NC(=O)Nc1ccc2c(c1)OCCO2. The number of carbonyl (C=O) groups excluding carboxylic acids is 3. The number of amides is 3. The molecular weight excluding hydrogens is 424 g/mol. The standard InChI is InChI=1S/C20H18N4O8/c25-16(22-20(27)21-12-3-4-13-15(10-12)30-9-8-29-13)11-31-18(26)6-5-17-23-19(24-32-17)14-2-1-7-28-14/h1-4,7,10H,5-6,8-9,11H2,(H2,21,22,25,27). The van der Waals surface area contributed by atoms with E-state index in [1.807, 2.05) is 0 Å². The van der Waals surface area contributed by atoms with E-state index < -0.39 is 24.5 Å². The number of fused-ring (bicyclic) bond motifs is 1. The molecule has 0 saturated heterocycles. The summed E-state index contributed by atoms with van der Waals surface area (Å²) < 4.78 is 25.9. The third kappa shape index (κ3) is 5.41. The first-order valence-corrected chi connectivity index (χ1v) is 9.59. The van der Waals surface area contributed by atoms with Crippen LogP contribution in [0.15, 0.2) is 45.5 Å². The Hall–Kier alpha value is -4.35. The summed E-state index contributed by atoms with van der Waals surface area (Å²) in [6.07, 6.45) is 1.51. The summed E-state index contributed by atoms with van der Waals surface area (Å²) in [4.78, 5) is 39.7. The first kappa shape index (κ1) is 20.9. The summed E-state index contributed by atoms with van der Waals surface area (Å²) in [6, 6.07) is 7.41. The van der Waals surface area contributed by atoms with E-state index in [0.29, 0.717) is 36.2 Å². The normalized spacial score (nSPS) is 12.1. The van der Waals surface area contributed by atoms with Crippen molar-refractivity contribution in [2.75, 3.05) is 25.1 Å². The average molecular weight is 442 g/mol. The number of benzene rings is 1. The minimum Gasteiger partial charge on any atom is -0.486 e. The zero-order chi connectivity index (χ0) is 22.3. The lowest BCUT2D eigenvalue weighted by Gasteiger charge is -2.19. The molecule has 2 N–H and O–H groups in total. The smallest absolute Gasteiger partial charge is 0.325 e. The molecule has 166 valence electrons. The highest BCUT2D eigenvalue weighted by Gasteiger charge is 2.16. The minimum atomic E-state index is -0.786. The van der Waals surface area contributed by atoms with Crippen LogP contribution < -0.4 is 20.1 Å². The predicted octanol–water partition coefficient (Wildman–Crippen LogP) is 1.92. The molecule has 0 saturated carbocycles. The molecule has 3 amide bonds. The van der Waals surface area contributed by atoms with Crippen LogP contribution in [0.5, 0.6) is 11.5 Å². The number of aromatic nitrogens is 2. The van der Waals surface area contributed by atoms with Crippen molar-refractivity contribution in [3.63, 3.8) is 0 Å². The highest BCUT2D eigenvalue weighted by atomic mass is 16.6. The van der Waals surface area contributed by atoms with Gasteiger partial charge >= 0.3 is 12.0 Å². The van der Waals surface area contributed by atoms with Crippen LogP contribution in [0.25, 0.3) is 11.6 Å². The Morgan fingerprint density at radius 3 is 2.75 bits per heavy atom.